The number of hydrogen-bond donors (Lipinski definition) is 0. The molecule has 3 rings (SSSR count). The van der Waals surface area contributed by atoms with Crippen molar-refractivity contribution in [3.63, 3.8) is 0 Å². The Morgan fingerprint density at radius 3 is 2.08 bits per heavy atom. The van der Waals surface area contributed by atoms with Gasteiger partial charge in [0.25, 0.3) is 0 Å². The molecule has 2 saturated carbocycles. The zero-order chi connectivity index (χ0) is 17.6. The monoisotopic (exact) mass is 340 g/mol. The van der Waals surface area contributed by atoms with E-state index in [-0.39, 0.29) is 5.82 Å². The van der Waals surface area contributed by atoms with Gasteiger partial charge in [0.05, 0.1) is 0 Å². The Morgan fingerprint density at radius 2 is 1.52 bits per heavy atom. The van der Waals surface area contributed by atoms with Gasteiger partial charge in [-0.1, -0.05) is 24.3 Å². The molecule has 25 heavy (non-hydrogen) atoms. The number of hydrogen-bond acceptors (Lipinski definition) is 0. The normalized spacial score (nSPS) is 30.0. The summed E-state index contributed by atoms with van der Waals surface area (Å²) in [4.78, 5) is 0. The largest absolute Gasteiger partial charge is 0.207 e. The van der Waals surface area contributed by atoms with Crippen LogP contribution >= 0.6 is 0 Å². The summed E-state index contributed by atoms with van der Waals surface area (Å²) in [7, 11) is 0. The first-order valence-electron chi connectivity index (χ1n) is 10.2. The topological polar surface area (TPSA) is 0 Å². The van der Waals surface area contributed by atoms with Crippen molar-refractivity contribution in [1.82, 2.24) is 0 Å². The maximum Gasteiger partial charge on any atom is 0.126 e. The lowest BCUT2D eigenvalue weighted by atomic mass is 9.68. The molecular formula is C24H33F. The second kappa shape index (κ2) is 8.83. The average molecular weight is 341 g/mol. The Kier molecular flexibility index (Phi) is 6.51. The Hall–Kier alpha value is -1.37. The molecule has 0 bridgehead atoms. The third kappa shape index (κ3) is 4.63. The highest BCUT2D eigenvalue weighted by Crippen LogP contribution is 2.44. The molecule has 2 aliphatic carbocycles. The van der Waals surface area contributed by atoms with Crippen LogP contribution in [-0.2, 0) is 6.42 Å². The van der Waals surface area contributed by atoms with Crippen LogP contribution in [0, 0.1) is 23.6 Å². The molecule has 0 spiro atoms. The van der Waals surface area contributed by atoms with Gasteiger partial charge >= 0.3 is 0 Å². The van der Waals surface area contributed by atoms with E-state index < -0.39 is 0 Å². The van der Waals surface area contributed by atoms with E-state index in [0.717, 1.165) is 23.3 Å². The van der Waals surface area contributed by atoms with Gasteiger partial charge in [-0.2, -0.15) is 0 Å². The Morgan fingerprint density at radius 1 is 0.880 bits per heavy atom. The summed E-state index contributed by atoms with van der Waals surface area (Å²) in [6.07, 6.45) is 16.4. The lowest BCUT2D eigenvalue weighted by Crippen LogP contribution is -2.25. The van der Waals surface area contributed by atoms with Crippen LogP contribution < -0.4 is 0 Å². The average Bonchev–Trinajstić information content (AvgIpc) is 2.65. The molecule has 136 valence electrons. The predicted octanol–water partition coefficient (Wildman–Crippen LogP) is 7.21. The van der Waals surface area contributed by atoms with Crippen molar-refractivity contribution in [2.75, 3.05) is 0 Å². The molecule has 2 fully saturated rings. The summed E-state index contributed by atoms with van der Waals surface area (Å²) in [5.41, 5.74) is 1.97. The van der Waals surface area contributed by atoms with E-state index in [1.54, 1.807) is 12.1 Å². The number of halogens is 1. The van der Waals surface area contributed by atoms with Crippen molar-refractivity contribution in [3.8, 4) is 0 Å². The standard InChI is InChI=1S/C24H33F/c1-3-5-18-7-9-19(10-8-18)20-11-13-21(14-12-20)23-16-15-22(6-4-2)24(25)17-23/h3-4,15-21H,1-2,5-14H2/t18-,19-,20-,21-. The van der Waals surface area contributed by atoms with Gasteiger partial charge in [0, 0.05) is 0 Å². The molecule has 0 unspecified atom stereocenters. The molecule has 0 heterocycles. The molecular weight excluding hydrogens is 307 g/mol. The molecule has 0 aliphatic heterocycles. The summed E-state index contributed by atoms with van der Waals surface area (Å²) < 4.78 is 14.2. The Bertz CT molecular complexity index is 572. The number of allylic oxidation sites excluding steroid dienone is 2. The quantitative estimate of drug-likeness (QED) is 0.480. The molecule has 2 aliphatic rings. The van der Waals surface area contributed by atoms with E-state index in [9.17, 15) is 4.39 Å². The minimum atomic E-state index is -0.0555. The molecule has 1 aromatic rings. The predicted molar refractivity (Wildman–Crippen MR) is 105 cm³/mol. The van der Waals surface area contributed by atoms with Gasteiger partial charge < -0.3 is 0 Å². The molecule has 0 amide bonds. The fourth-order valence-corrected chi connectivity index (χ4v) is 5.19. The SMILES string of the molecule is C=CCc1ccc([C@H]2CC[C@H]([C@H]3CC[C@H](CC=C)CC3)CC2)cc1F. The fraction of sp³-hybridized carbons (Fsp3) is 0.583. The van der Waals surface area contributed by atoms with Crippen LogP contribution in [0.3, 0.4) is 0 Å². The first kappa shape index (κ1) is 18.4. The number of benzene rings is 1. The van der Waals surface area contributed by atoms with Crippen LogP contribution in [0.1, 0.15) is 74.8 Å². The van der Waals surface area contributed by atoms with Crippen molar-refractivity contribution in [2.24, 2.45) is 17.8 Å². The third-order valence-electron chi connectivity index (χ3n) is 6.74. The highest BCUT2D eigenvalue weighted by Gasteiger charge is 2.31. The molecule has 0 nitrogen and oxygen atoms in total. The van der Waals surface area contributed by atoms with Gasteiger partial charge in [-0.3, -0.25) is 0 Å². The second-order valence-corrected chi connectivity index (χ2v) is 8.26. The Labute approximate surface area is 153 Å². The van der Waals surface area contributed by atoms with Crippen LogP contribution in [0.2, 0.25) is 0 Å². The van der Waals surface area contributed by atoms with Crippen LogP contribution in [0.4, 0.5) is 4.39 Å². The van der Waals surface area contributed by atoms with E-state index in [4.69, 9.17) is 0 Å². The third-order valence-corrected chi connectivity index (χ3v) is 6.74. The van der Waals surface area contributed by atoms with Crippen LogP contribution in [0.25, 0.3) is 0 Å². The van der Waals surface area contributed by atoms with Crippen molar-refractivity contribution in [3.05, 3.63) is 60.5 Å². The number of rotatable bonds is 6. The highest BCUT2D eigenvalue weighted by molar-refractivity contribution is 5.28. The minimum absolute atomic E-state index is 0.0555. The first-order valence-corrected chi connectivity index (χ1v) is 10.2. The lowest BCUT2D eigenvalue weighted by molar-refractivity contribution is 0.160. The zero-order valence-electron chi connectivity index (χ0n) is 15.6. The highest BCUT2D eigenvalue weighted by atomic mass is 19.1. The van der Waals surface area contributed by atoms with Gasteiger partial charge in [-0.05, 0) is 105 Å². The smallest absolute Gasteiger partial charge is 0.126 e. The van der Waals surface area contributed by atoms with E-state index >= 15 is 0 Å². The second-order valence-electron chi connectivity index (χ2n) is 8.26. The van der Waals surface area contributed by atoms with E-state index in [2.05, 4.69) is 25.3 Å². The summed E-state index contributed by atoms with van der Waals surface area (Å²) in [6.45, 7) is 7.60. The maximum absolute atomic E-state index is 14.2. The Balaban J connectivity index is 1.51. The summed E-state index contributed by atoms with van der Waals surface area (Å²) in [5.74, 6) is 3.24. The molecule has 1 heteroatoms. The molecule has 0 radical (unpaired) electrons. The molecule has 0 saturated heterocycles. The summed E-state index contributed by atoms with van der Waals surface area (Å²) in [5, 5.41) is 0. The van der Waals surface area contributed by atoms with Crippen LogP contribution in [0.15, 0.2) is 43.5 Å². The molecule has 0 aromatic heterocycles. The van der Waals surface area contributed by atoms with Crippen molar-refractivity contribution < 1.29 is 4.39 Å². The van der Waals surface area contributed by atoms with Crippen molar-refractivity contribution >= 4 is 0 Å². The molecule has 0 atom stereocenters. The molecule has 1 aromatic carbocycles. The van der Waals surface area contributed by atoms with E-state index in [1.807, 2.05) is 6.07 Å². The summed E-state index contributed by atoms with van der Waals surface area (Å²) in [6, 6.07) is 5.89. The van der Waals surface area contributed by atoms with Gasteiger partial charge in [0.2, 0.25) is 0 Å². The van der Waals surface area contributed by atoms with E-state index in [1.165, 1.54) is 63.4 Å². The van der Waals surface area contributed by atoms with Gasteiger partial charge in [-0.15, -0.1) is 13.2 Å². The van der Waals surface area contributed by atoms with Crippen molar-refractivity contribution in [1.29, 1.82) is 0 Å². The van der Waals surface area contributed by atoms with Gasteiger partial charge in [-0.25, -0.2) is 4.39 Å². The van der Waals surface area contributed by atoms with Gasteiger partial charge in [0.15, 0.2) is 0 Å². The van der Waals surface area contributed by atoms with Crippen molar-refractivity contribution in [2.45, 2.75) is 70.1 Å². The zero-order valence-corrected chi connectivity index (χ0v) is 15.6. The van der Waals surface area contributed by atoms with Crippen LogP contribution in [0.5, 0.6) is 0 Å². The van der Waals surface area contributed by atoms with E-state index in [0.29, 0.717) is 12.3 Å². The lowest BCUT2D eigenvalue weighted by Gasteiger charge is -2.38. The first-order chi connectivity index (χ1) is 12.2. The fourth-order valence-electron chi connectivity index (χ4n) is 5.19. The summed E-state index contributed by atoms with van der Waals surface area (Å²) >= 11 is 0. The maximum atomic E-state index is 14.2. The van der Waals surface area contributed by atoms with Gasteiger partial charge in [0.1, 0.15) is 5.82 Å². The minimum Gasteiger partial charge on any atom is -0.207 e. The van der Waals surface area contributed by atoms with Crippen LogP contribution in [-0.4, -0.2) is 0 Å². The molecule has 0 N–H and O–H groups in total.